The molecule has 1 saturated heterocycles. The van der Waals surface area contributed by atoms with Gasteiger partial charge in [-0.1, -0.05) is 23.5 Å². The molecule has 2 heterocycles. The van der Waals surface area contributed by atoms with Crippen LogP contribution in [-0.4, -0.2) is 30.6 Å². The number of fused-ring (bicyclic) bond motifs is 1. The fourth-order valence-corrected chi connectivity index (χ4v) is 3.60. The second kappa shape index (κ2) is 5.79. The Bertz CT molecular complexity index is 578. The van der Waals surface area contributed by atoms with Gasteiger partial charge in [-0.05, 0) is 31.9 Å². The lowest BCUT2D eigenvalue weighted by atomic mass is 9.99. The number of hydrogen-bond donors (Lipinski definition) is 0. The van der Waals surface area contributed by atoms with Crippen LogP contribution in [0.3, 0.4) is 0 Å². The molecule has 2 aromatic rings. The fraction of sp³-hybridized carbons (Fsp3) is 0.467. The quantitative estimate of drug-likeness (QED) is 0.815. The van der Waals surface area contributed by atoms with Crippen molar-refractivity contribution in [3.05, 3.63) is 24.3 Å². The third kappa shape index (κ3) is 2.63. The van der Waals surface area contributed by atoms with Gasteiger partial charge in [0.05, 0.1) is 22.7 Å². The van der Waals surface area contributed by atoms with Gasteiger partial charge >= 0.3 is 5.97 Å². The van der Waals surface area contributed by atoms with Gasteiger partial charge in [0.2, 0.25) is 0 Å². The van der Waals surface area contributed by atoms with Crippen LogP contribution in [0.1, 0.15) is 19.8 Å². The van der Waals surface area contributed by atoms with E-state index in [2.05, 4.69) is 16.0 Å². The van der Waals surface area contributed by atoms with Crippen molar-refractivity contribution < 1.29 is 9.53 Å². The molecular weight excluding hydrogens is 272 g/mol. The normalized spacial score (nSPS) is 19.2. The molecule has 1 aromatic heterocycles. The first-order valence-electron chi connectivity index (χ1n) is 7.05. The largest absolute Gasteiger partial charge is 0.466 e. The molecule has 20 heavy (non-hydrogen) atoms. The number of hydrogen-bond acceptors (Lipinski definition) is 5. The maximum absolute atomic E-state index is 11.9. The molecule has 0 aliphatic carbocycles. The number of piperidine rings is 1. The Morgan fingerprint density at radius 2 is 2.35 bits per heavy atom. The molecule has 1 aliphatic rings. The number of carbonyl (C=O) groups excluding carboxylic acids is 1. The zero-order valence-corrected chi connectivity index (χ0v) is 12.4. The third-order valence-corrected chi connectivity index (χ3v) is 4.69. The molecule has 0 amide bonds. The van der Waals surface area contributed by atoms with Crippen molar-refractivity contribution >= 4 is 32.7 Å². The average molecular weight is 290 g/mol. The van der Waals surface area contributed by atoms with Gasteiger partial charge in [0.15, 0.2) is 5.13 Å². The SMILES string of the molecule is CCOC(=O)C1CCCN(c2nc3ccccc3s2)C1. The Hall–Kier alpha value is -1.62. The van der Waals surface area contributed by atoms with Crippen LogP contribution in [0.5, 0.6) is 0 Å². The number of ether oxygens (including phenoxy) is 1. The molecule has 0 radical (unpaired) electrons. The lowest BCUT2D eigenvalue weighted by molar-refractivity contribution is -0.148. The molecule has 0 saturated carbocycles. The lowest BCUT2D eigenvalue weighted by Gasteiger charge is -2.31. The van der Waals surface area contributed by atoms with Crippen molar-refractivity contribution in [2.24, 2.45) is 5.92 Å². The summed E-state index contributed by atoms with van der Waals surface area (Å²) in [5.74, 6) is -0.0889. The summed E-state index contributed by atoms with van der Waals surface area (Å²) in [5.41, 5.74) is 1.03. The first-order chi connectivity index (χ1) is 9.78. The van der Waals surface area contributed by atoms with Gasteiger partial charge in [0.1, 0.15) is 0 Å². The maximum Gasteiger partial charge on any atom is 0.310 e. The number of benzene rings is 1. The predicted molar refractivity (Wildman–Crippen MR) is 81.2 cm³/mol. The van der Waals surface area contributed by atoms with E-state index in [0.29, 0.717) is 6.61 Å². The van der Waals surface area contributed by atoms with Gasteiger partial charge in [0.25, 0.3) is 0 Å². The van der Waals surface area contributed by atoms with Gasteiger partial charge in [-0.3, -0.25) is 4.79 Å². The number of aromatic nitrogens is 1. The summed E-state index contributed by atoms with van der Waals surface area (Å²) in [6.07, 6.45) is 1.93. The predicted octanol–water partition coefficient (Wildman–Crippen LogP) is 3.08. The summed E-state index contributed by atoms with van der Waals surface area (Å²) < 4.78 is 6.34. The Morgan fingerprint density at radius 3 is 3.15 bits per heavy atom. The topological polar surface area (TPSA) is 42.4 Å². The number of para-hydroxylation sites is 1. The molecule has 1 fully saturated rings. The highest BCUT2D eigenvalue weighted by atomic mass is 32.1. The van der Waals surface area contributed by atoms with Crippen molar-refractivity contribution in [2.45, 2.75) is 19.8 Å². The van der Waals surface area contributed by atoms with Crippen molar-refractivity contribution in [1.29, 1.82) is 0 Å². The van der Waals surface area contributed by atoms with Crippen LogP contribution in [-0.2, 0) is 9.53 Å². The maximum atomic E-state index is 11.9. The van der Waals surface area contributed by atoms with Crippen LogP contribution >= 0.6 is 11.3 Å². The standard InChI is InChI=1S/C15H18N2O2S/c1-2-19-14(18)11-6-5-9-17(10-11)15-16-12-7-3-4-8-13(12)20-15/h3-4,7-8,11H,2,5-6,9-10H2,1H3. The van der Waals surface area contributed by atoms with E-state index in [1.54, 1.807) is 11.3 Å². The van der Waals surface area contributed by atoms with Gasteiger partial charge in [0, 0.05) is 13.1 Å². The first kappa shape index (κ1) is 13.4. The van der Waals surface area contributed by atoms with Gasteiger partial charge in [-0.2, -0.15) is 0 Å². The van der Waals surface area contributed by atoms with Crippen molar-refractivity contribution in [3.8, 4) is 0 Å². The van der Waals surface area contributed by atoms with Crippen molar-refractivity contribution in [3.63, 3.8) is 0 Å². The summed E-state index contributed by atoms with van der Waals surface area (Å²) >= 11 is 1.69. The van der Waals surface area contributed by atoms with E-state index in [-0.39, 0.29) is 11.9 Å². The summed E-state index contributed by atoms with van der Waals surface area (Å²) in [6, 6.07) is 8.15. The zero-order chi connectivity index (χ0) is 13.9. The minimum Gasteiger partial charge on any atom is -0.466 e. The van der Waals surface area contributed by atoms with E-state index >= 15 is 0 Å². The Labute approximate surface area is 122 Å². The number of rotatable bonds is 3. The van der Waals surface area contributed by atoms with E-state index in [0.717, 1.165) is 36.6 Å². The Kier molecular flexibility index (Phi) is 3.87. The summed E-state index contributed by atoms with van der Waals surface area (Å²) in [7, 11) is 0. The van der Waals surface area contributed by atoms with E-state index in [1.165, 1.54) is 4.70 Å². The molecule has 3 rings (SSSR count). The van der Waals surface area contributed by atoms with E-state index < -0.39 is 0 Å². The number of carbonyl (C=O) groups is 1. The molecule has 4 nitrogen and oxygen atoms in total. The van der Waals surface area contributed by atoms with Crippen LogP contribution in [0.15, 0.2) is 24.3 Å². The van der Waals surface area contributed by atoms with Crippen LogP contribution in [0.2, 0.25) is 0 Å². The van der Waals surface area contributed by atoms with Gasteiger partial charge in [-0.15, -0.1) is 0 Å². The summed E-state index contributed by atoms with van der Waals surface area (Å²) in [4.78, 5) is 18.8. The fourth-order valence-electron chi connectivity index (χ4n) is 2.60. The van der Waals surface area contributed by atoms with Crippen LogP contribution < -0.4 is 4.90 Å². The highest BCUT2D eigenvalue weighted by Crippen LogP contribution is 2.31. The van der Waals surface area contributed by atoms with Gasteiger partial charge in [-0.25, -0.2) is 4.98 Å². The lowest BCUT2D eigenvalue weighted by Crippen LogP contribution is -2.39. The molecule has 0 bridgehead atoms. The highest BCUT2D eigenvalue weighted by Gasteiger charge is 2.28. The Morgan fingerprint density at radius 1 is 1.50 bits per heavy atom. The monoisotopic (exact) mass is 290 g/mol. The minimum absolute atomic E-state index is 0.0179. The Balaban J connectivity index is 1.77. The number of esters is 1. The molecule has 1 atom stereocenters. The second-order valence-electron chi connectivity index (χ2n) is 5.00. The zero-order valence-electron chi connectivity index (χ0n) is 11.5. The summed E-state index contributed by atoms with van der Waals surface area (Å²) in [5, 5.41) is 1.01. The molecular formula is C15H18N2O2S. The molecule has 106 valence electrons. The molecule has 1 unspecified atom stereocenters. The highest BCUT2D eigenvalue weighted by molar-refractivity contribution is 7.22. The number of anilines is 1. The van der Waals surface area contributed by atoms with Crippen LogP contribution in [0.4, 0.5) is 5.13 Å². The molecule has 1 aromatic carbocycles. The van der Waals surface area contributed by atoms with Crippen LogP contribution in [0.25, 0.3) is 10.2 Å². The smallest absolute Gasteiger partial charge is 0.310 e. The molecule has 0 spiro atoms. The van der Waals surface area contributed by atoms with Crippen molar-refractivity contribution in [2.75, 3.05) is 24.6 Å². The number of thiazole rings is 1. The molecule has 0 N–H and O–H groups in total. The van der Waals surface area contributed by atoms with Crippen LogP contribution in [0, 0.1) is 5.92 Å². The molecule has 1 aliphatic heterocycles. The van der Waals surface area contributed by atoms with E-state index in [9.17, 15) is 4.79 Å². The second-order valence-corrected chi connectivity index (χ2v) is 6.01. The number of nitrogens with zero attached hydrogens (tertiary/aromatic N) is 2. The van der Waals surface area contributed by atoms with E-state index in [4.69, 9.17) is 4.74 Å². The minimum atomic E-state index is -0.0710. The first-order valence-corrected chi connectivity index (χ1v) is 7.86. The third-order valence-electron chi connectivity index (χ3n) is 3.59. The van der Waals surface area contributed by atoms with E-state index in [1.807, 2.05) is 25.1 Å². The summed E-state index contributed by atoms with van der Waals surface area (Å²) in [6.45, 7) is 4.00. The average Bonchev–Trinajstić information content (AvgIpc) is 2.91. The van der Waals surface area contributed by atoms with Gasteiger partial charge < -0.3 is 9.64 Å². The molecule has 5 heteroatoms. The van der Waals surface area contributed by atoms with Crippen molar-refractivity contribution in [1.82, 2.24) is 4.98 Å².